The third kappa shape index (κ3) is 7.34. The quantitative estimate of drug-likeness (QED) is 0.754. The van der Waals surface area contributed by atoms with Crippen molar-refractivity contribution in [2.75, 3.05) is 13.1 Å². The van der Waals surface area contributed by atoms with Crippen molar-refractivity contribution in [2.45, 2.75) is 59.2 Å². The second kappa shape index (κ2) is 7.66. The minimum atomic E-state index is 0.224. The molecular formula is C17H30N2. The summed E-state index contributed by atoms with van der Waals surface area (Å²) in [4.78, 5) is 2.54. The summed E-state index contributed by atoms with van der Waals surface area (Å²) in [6.07, 6.45) is 1.20. The second-order valence-electron chi connectivity index (χ2n) is 6.58. The van der Waals surface area contributed by atoms with Crippen LogP contribution in [0.2, 0.25) is 0 Å². The number of nitrogens with one attached hydrogen (secondary N) is 1. The molecule has 2 heteroatoms. The van der Waals surface area contributed by atoms with E-state index in [1.165, 1.54) is 12.0 Å². The number of benzene rings is 1. The average Bonchev–Trinajstić information content (AvgIpc) is 2.33. The molecule has 0 aliphatic rings. The molecule has 0 fully saturated rings. The van der Waals surface area contributed by atoms with Crippen molar-refractivity contribution in [1.29, 1.82) is 0 Å². The van der Waals surface area contributed by atoms with Crippen LogP contribution in [0.5, 0.6) is 0 Å². The van der Waals surface area contributed by atoms with Crippen molar-refractivity contribution in [2.24, 2.45) is 0 Å². The molecule has 2 nitrogen and oxygen atoms in total. The van der Waals surface area contributed by atoms with Crippen LogP contribution in [0.3, 0.4) is 0 Å². The number of rotatable bonds is 7. The van der Waals surface area contributed by atoms with Gasteiger partial charge in [-0.05, 0) is 59.7 Å². The molecule has 1 rings (SSSR count). The summed E-state index contributed by atoms with van der Waals surface area (Å²) in [5.41, 5.74) is 1.63. The van der Waals surface area contributed by atoms with Crippen molar-refractivity contribution in [3.8, 4) is 0 Å². The molecule has 0 aliphatic carbocycles. The molecular weight excluding hydrogens is 232 g/mol. The highest BCUT2D eigenvalue weighted by Gasteiger charge is 2.11. The molecule has 0 atom stereocenters. The molecule has 0 unspecified atom stereocenters. The van der Waals surface area contributed by atoms with Crippen LogP contribution in [0.15, 0.2) is 30.3 Å². The van der Waals surface area contributed by atoms with Crippen molar-refractivity contribution >= 4 is 0 Å². The summed E-state index contributed by atoms with van der Waals surface area (Å²) in [5, 5.41) is 3.55. The Morgan fingerprint density at radius 3 is 2.26 bits per heavy atom. The predicted molar refractivity (Wildman–Crippen MR) is 84.4 cm³/mol. The Bertz CT molecular complexity index is 338. The molecule has 0 radical (unpaired) electrons. The van der Waals surface area contributed by atoms with Gasteiger partial charge in [-0.2, -0.15) is 0 Å². The Kier molecular flexibility index (Phi) is 6.53. The monoisotopic (exact) mass is 262 g/mol. The standard InChI is InChI=1S/C17H30N2/c1-15(2)19(13-9-12-18-17(3,4)5)14-16-10-7-6-8-11-16/h6-8,10-11,15,18H,9,12-14H2,1-5H3. The molecule has 108 valence electrons. The molecule has 0 bridgehead atoms. The minimum absolute atomic E-state index is 0.224. The van der Waals surface area contributed by atoms with E-state index in [0.29, 0.717) is 6.04 Å². The van der Waals surface area contributed by atoms with E-state index in [4.69, 9.17) is 0 Å². The van der Waals surface area contributed by atoms with Gasteiger partial charge in [-0.1, -0.05) is 30.3 Å². The Hall–Kier alpha value is -0.860. The summed E-state index contributed by atoms with van der Waals surface area (Å²) in [7, 11) is 0. The maximum Gasteiger partial charge on any atom is 0.0236 e. The molecule has 19 heavy (non-hydrogen) atoms. The summed E-state index contributed by atoms with van der Waals surface area (Å²) < 4.78 is 0. The Labute approximate surface area is 119 Å². The Morgan fingerprint density at radius 1 is 1.11 bits per heavy atom. The first-order valence-electron chi connectivity index (χ1n) is 7.41. The van der Waals surface area contributed by atoms with E-state index < -0.39 is 0 Å². The van der Waals surface area contributed by atoms with Gasteiger partial charge in [-0.3, -0.25) is 4.90 Å². The molecule has 0 amide bonds. The van der Waals surface area contributed by atoms with Crippen molar-refractivity contribution < 1.29 is 0 Å². The number of hydrogen-bond acceptors (Lipinski definition) is 2. The normalized spacial score (nSPS) is 12.4. The predicted octanol–water partition coefficient (Wildman–Crippen LogP) is 3.68. The molecule has 1 N–H and O–H groups in total. The lowest BCUT2D eigenvalue weighted by Crippen LogP contribution is -2.38. The molecule has 0 aliphatic heterocycles. The van der Waals surface area contributed by atoms with Gasteiger partial charge in [0.05, 0.1) is 0 Å². The van der Waals surface area contributed by atoms with Crippen LogP contribution in [-0.4, -0.2) is 29.6 Å². The first kappa shape index (κ1) is 16.2. The third-order valence-electron chi connectivity index (χ3n) is 3.24. The van der Waals surface area contributed by atoms with Gasteiger partial charge < -0.3 is 5.32 Å². The van der Waals surface area contributed by atoms with E-state index in [9.17, 15) is 0 Å². The summed E-state index contributed by atoms with van der Waals surface area (Å²) in [6, 6.07) is 11.3. The molecule has 0 saturated carbocycles. The largest absolute Gasteiger partial charge is 0.312 e. The number of nitrogens with zero attached hydrogens (tertiary/aromatic N) is 1. The zero-order chi connectivity index (χ0) is 14.3. The van der Waals surface area contributed by atoms with E-state index in [1.807, 2.05) is 0 Å². The van der Waals surface area contributed by atoms with Gasteiger partial charge in [0.1, 0.15) is 0 Å². The van der Waals surface area contributed by atoms with E-state index in [0.717, 1.165) is 19.6 Å². The SMILES string of the molecule is CC(C)N(CCCNC(C)(C)C)Cc1ccccc1. The van der Waals surface area contributed by atoms with Crippen molar-refractivity contribution in [1.82, 2.24) is 10.2 Å². The molecule has 0 saturated heterocycles. The van der Waals surface area contributed by atoms with Crippen LogP contribution in [-0.2, 0) is 6.54 Å². The van der Waals surface area contributed by atoms with Crippen LogP contribution >= 0.6 is 0 Å². The van der Waals surface area contributed by atoms with E-state index >= 15 is 0 Å². The van der Waals surface area contributed by atoms with Crippen molar-refractivity contribution in [3.63, 3.8) is 0 Å². The molecule has 0 aromatic heterocycles. The lowest BCUT2D eigenvalue weighted by Gasteiger charge is -2.27. The van der Waals surface area contributed by atoms with Crippen LogP contribution in [0, 0.1) is 0 Å². The first-order chi connectivity index (χ1) is 8.88. The van der Waals surface area contributed by atoms with Gasteiger partial charge in [0.2, 0.25) is 0 Å². The van der Waals surface area contributed by atoms with Crippen LogP contribution in [0.4, 0.5) is 0 Å². The highest BCUT2D eigenvalue weighted by molar-refractivity contribution is 5.14. The Balaban J connectivity index is 2.37. The highest BCUT2D eigenvalue weighted by Crippen LogP contribution is 2.09. The fraction of sp³-hybridized carbons (Fsp3) is 0.647. The maximum atomic E-state index is 3.55. The molecule has 1 aromatic carbocycles. The van der Waals surface area contributed by atoms with Crippen molar-refractivity contribution in [3.05, 3.63) is 35.9 Å². The molecule has 0 heterocycles. The average molecular weight is 262 g/mol. The topological polar surface area (TPSA) is 15.3 Å². The zero-order valence-electron chi connectivity index (χ0n) is 13.2. The van der Waals surface area contributed by atoms with E-state index in [-0.39, 0.29) is 5.54 Å². The fourth-order valence-electron chi connectivity index (χ4n) is 2.08. The maximum absolute atomic E-state index is 3.55. The Morgan fingerprint density at radius 2 is 1.74 bits per heavy atom. The number of hydrogen-bond donors (Lipinski definition) is 1. The molecule has 0 spiro atoms. The van der Waals surface area contributed by atoms with Gasteiger partial charge in [0, 0.05) is 18.1 Å². The van der Waals surface area contributed by atoms with E-state index in [2.05, 4.69) is 75.2 Å². The third-order valence-corrected chi connectivity index (χ3v) is 3.24. The minimum Gasteiger partial charge on any atom is -0.312 e. The summed E-state index contributed by atoms with van der Waals surface area (Å²) in [5.74, 6) is 0. The van der Waals surface area contributed by atoms with Gasteiger partial charge in [-0.15, -0.1) is 0 Å². The highest BCUT2D eigenvalue weighted by atomic mass is 15.1. The summed E-state index contributed by atoms with van der Waals surface area (Å²) in [6.45, 7) is 14.5. The molecule has 1 aromatic rings. The first-order valence-corrected chi connectivity index (χ1v) is 7.41. The zero-order valence-corrected chi connectivity index (χ0v) is 13.2. The summed E-state index contributed by atoms with van der Waals surface area (Å²) >= 11 is 0. The van der Waals surface area contributed by atoms with Crippen LogP contribution in [0.25, 0.3) is 0 Å². The second-order valence-corrected chi connectivity index (χ2v) is 6.58. The van der Waals surface area contributed by atoms with Gasteiger partial charge >= 0.3 is 0 Å². The lowest BCUT2D eigenvalue weighted by molar-refractivity contribution is 0.207. The van der Waals surface area contributed by atoms with Gasteiger partial charge in [0.25, 0.3) is 0 Å². The van der Waals surface area contributed by atoms with E-state index in [1.54, 1.807) is 0 Å². The fourth-order valence-corrected chi connectivity index (χ4v) is 2.08. The lowest BCUT2D eigenvalue weighted by atomic mass is 10.1. The van der Waals surface area contributed by atoms with Gasteiger partial charge in [0.15, 0.2) is 0 Å². The van der Waals surface area contributed by atoms with Crippen LogP contribution in [0.1, 0.15) is 46.6 Å². The van der Waals surface area contributed by atoms with Crippen LogP contribution < -0.4 is 5.32 Å². The smallest absolute Gasteiger partial charge is 0.0236 e. The van der Waals surface area contributed by atoms with Gasteiger partial charge in [-0.25, -0.2) is 0 Å².